The van der Waals surface area contributed by atoms with Gasteiger partial charge in [0.05, 0.1) is 6.10 Å². The van der Waals surface area contributed by atoms with E-state index in [0.29, 0.717) is 17.3 Å². The third-order valence-electron chi connectivity index (χ3n) is 7.48. The molecular formula is C20H32O2. The lowest BCUT2D eigenvalue weighted by Crippen LogP contribution is -2.54. The maximum absolute atomic E-state index is 11.1. The van der Waals surface area contributed by atoms with Gasteiger partial charge < -0.3 is 5.11 Å². The van der Waals surface area contributed by atoms with Crippen molar-refractivity contribution in [3.8, 4) is 0 Å². The van der Waals surface area contributed by atoms with E-state index < -0.39 is 0 Å². The number of carbonyl (C=O) groups excluding carboxylic acids is 1. The average Bonchev–Trinajstić information content (AvgIpc) is 2.83. The minimum Gasteiger partial charge on any atom is -0.393 e. The predicted molar refractivity (Wildman–Crippen MR) is 89.4 cm³/mol. The smallest absolute Gasteiger partial charge is 0.142 e. The third kappa shape index (κ3) is 2.29. The number of hydrogen-bond acceptors (Lipinski definition) is 2. The summed E-state index contributed by atoms with van der Waals surface area (Å²) in [5, 5.41) is 11.0. The summed E-state index contributed by atoms with van der Waals surface area (Å²) in [4.78, 5) is 11.1. The van der Waals surface area contributed by atoms with Crippen LogP contribution in [0, 0.1) is 28.6 Å². The maximum atomic E-state index is 11.1. The van der Waals surface area contributed by atoms with Gasteiger partial charge in [0.1, 0.15) is 6.29 Å². The molecule has 22 heavy (non-hydrogen) atoms. The van der Waals surface area contributed by atoms with Gasteiger partial charge in [-0.1, -0.05) is 39.2 Å². The van der Waals surface area contributed by atoms with E-state index in [1.165, 1.54) is 31.3 Å². The zero-order chi connectivity index (χ0) is 16.0. The van der Waals surface area contributed by atoms with E-state index in [2.05, 4.69) is 20.8 Å². The number of aliphatic hydroxyl groups is 1. The molecule has 6 atom stereocenters. The van der Waals surface area contributed by atoms with Gasteiger partial charge in [-0.25, -0.2) is 0 Å². The zero-order valence-corrected chi connectivity index (χ0v) is 14.5. The number of hydrogen-bond donors (Lipinski definition) is 1. The number of aldehydes is 1. The summed E-state index contributed by atoms with van der Waals surface area (Å²) in [5.74, 6) is 1.79. The third-order valence-corrected chi connectivity index (χ3v) is 7.48. The lowest BCUT2D eigenvalue weighted by molar-refractivity contribution is -0.117. The molecule has 0 aromatic rings. The van der Waals surface area contributed by atoms with Crippen LogP contribution in [0.25, 0.3) is 0 Å². The molecule has 3 aliphatic rings. The van der Waals surface area contributed by atoms with Crippen molar-refractivity contribution < 1.29 is 9.90 Å². The van der Waals surface area contributed by atoms with Crippen molar-refractivity contribution >= 4 is 6.29 Å². The summed E-state index contributed by atoms with van der Waals surface area (Å²) >= 11 is 0. The zero-order valence-electron chi connectivity index (χ0n) is 14.5. The van der Waals surface area contributed by atoms with Crippen LogP contribution in [0.4, 0.5) is 0 Å². The van der Waals surface area contributed by atoms with Gasteiger partial charge in [0, 0.05) is 0 Å². The SMILES string of the molecule is CCCC1(C)/C(=C\C=O)CCC2C3CCCC3(C)CC(O)C21. The van der Waals surface area contributed by atoms with Crippen LogP contribution in [0.5, 0.6) is 0 Å². The number of fused-ring (bicyclic) bond motifs is 3. The molecule has 2 heteroatoms. The van der Waals surface area contributed by atoms with Crippen LogP contribution in [-0.2, 0) is 4.79 Å². The molecule has 6 unspecified atom stereocenters. The van der Waals surface area contributed by atoms with E-state index >= 15 is 0 Å². The fourth-order valence-electron chi connectivity index (χ4n) is 6.69. The van der Waals surface area contributed by atoms with E-state index in [1.54, 1.807) is 6.08 Å². The van der Waals surface area contributed by atoms with Crippen LogP contribution in [0.1, 0.15) is 72.1 Å². The van der Waals surface area contributed by atoms with Crippen LogP contribution in [-0.4, -0.2) is 17.5 Å². The summed E-state index contributed by atoms with van der Waals surface area (Å²) < 4.78 is 0. The van der Waals surface area contributed by atoms with E-state index in [9.17, 15) is 9.90 Å². The second-order valence-corrected chi connectivity index (χ2v) is 8.65. The molecule has 2 nitrogen and oxygen atoms in total. The highest BCUT2D eigenvalue weighted by Crippen LogP contribution is 2.64. The summed E-state index contributed by atoms with van der Waals surface area (Å²) in [7, 11) is 0. The van der Waals surface area contributed by atoms with Crippen molar-refractivity contribution in [2.24, 2.45) is 28.6 Å². The fraction of sp³-hybridized carbons (Fsp3) is 0.850. The predicted octanol–water partition coefficient (Wildman–Crippen LogP) is 4.52. The topological polar surface area (TPSA) is 37.3 Å². The first kappa shape index (κ1) is 16.2. The van der Waals surface area contributed by atoms with Crippen molar-refractivity contribution in [2.75, 3.05) is 0 Å². The van der Waals surface area contributed by atoms with Crippen LogP contribution in [0.15, 0.2) is 11.6 Å². The minimum absolute atomic E-state index is 0.0158. The van der Waals surface area contributed by atoms with Crippen molar-refractivity contribution in [3.05, 3.63) is 11.6 Å². The Bertz CT molecular complexity index is 468. The summed E-state index contributed by atoms with van der Waals surface area (Å²) in [6.07, 6.45) is 11.9. The van der Waals surface area contributed by atoms with E-state index in [1.807, 2.05) is 0 Å². The van der Waals surface area contributed by atoms with Crippen LogP contribution in [0.2, 0.25) is 0 Å². The Labute approximate surface area is 135 Å². The molecule has 0 aliphatic heterocycles. The molecule has 0 aromatic heterocycles. The molecule has 0 heterocycles. The molecule has 0 aromatic carbocycles. The Kier molecular flexibility index (Phi) is 4.26. The molecule has 0 radical (unpaired) electrons. The molecule has 0 bridgehead atoms. The largest absolute Gasteiger partial charge is 0.393 e. The second kappa shape index (κ2) is 5.78. The van der Waals surface area contributed by atoms with Gasteiger partial charge in [0.15, 0.2) is 0 Å². The number of aliphatic hydroxyl groups excluding tert-OH is 1. The molecular weight excluding hydrogens is 272 g/mol. The molecule has 124 valence electrons. The standard InChI is InChI=1S/C20H32O2/c1-4-10-20(3)14(9-12-21)7-8-15-16-6-5-11-19(16,2)13-17(22)18(15)20/h9,12,15-18,22H,4-8,10-11,13H2,1-3H3/b14-9-. The molecule has 3 saturated carbocycles. The van der Waals surface area contributed by atoms with Gasteiger partial charge in [0.25, 0.3) is 0 Å². The first-order valence-electron chi connectivity index (χ1n) is 9.29. The summed E-state index contributed by atoms with van der Waals surface area (Å²) in [5.41, 5.74) is 1.67. The maximum Gasteiger partial charge on any atom is 0.142 e. The van der Waals surface area contributed by atoms with Gasteiger partial charge in [-0.2, -0.15) is 0 Å². The second-order valence-electron chi connectivity index (χ2n) is 8.65. The number of allylic oxidation sites excluding steroid dienone is 2. The van der Waals surface area contributed by atoms with E-state index in [-0.39, 0.29) is 11.5 Å². The Morgan fingerprint density at radius 3 is 2.77 bits per heavy atom. The van der Waals surface area contributed by atoms with Crippen molar-refractivity contribution in [1.29, 1.82) is 0 Å². The van der Waals surface area contributed by atoms with Crippen LogP contribution < -0.4 is 0 Å². The van der Waals surface area contributed by atoms with Crippen LogP contribution in [0.3, 0.4) is 0 Å². The first-order chi connectivity index (χ1) is 10.5. The van der Waals surface area contributed by atoms with Crippen molar-refractivity contribution in [1.82, 2.24) is 0 Å². The van der Waals surface area contributed by atoms with Gasteiger partial charge in [-0.15, -0.1) is 0 Å². The lowest BCUT2D eigenvalue weighted by atomic mass is 9.47. The molecule has 0 amide bonds. The van der Waals surface area contributed by atoms with Crippen molar-refractivity contribution in [3.63, 3.8) is 0 Å². The Morgan fingerprint density at radius 2 is 2.09 bits per heavy atom. The number of carbonyl (C=O) groups is 1. The highest BCUT2D eigenvalue weighted by atomic mass is 16.3. The molecule has 0 saturated heterocycles. The minimum atomic E-state index is -0.198. The molecule has 3 aliphatic carbocycles. The first-order valence-corrected chi connectivity index (χ1v) is 9.29. The van der Waals surface area contributed by atoms with Gasteiger partial charge >= 0.3 is 0 Å². The van der Waals surface area contributed by atoms with Gasteiger partial charge in [0.2, 0.25) is 0 Å². The van der Waals surface area contributed by atoms with Gasteiger partial charge in [-0.05, 0) is 73.2 Å². The molecule has 3 rings (SSSR count). The summed E-state index contributed by atoms with van der Waals surface area (Å²) in [6, 6.07) is 0. The molecule has 3 fully saturated rings. The quantitative estimate of drug-likeness (QED) is 0.615. The highest BCUT2D eigenvalue weighted by Gasteiger charge is 2.58. The summed E-state index contributed by atoms with van der Waals surface area (Å²) in [6.45, 7) is 6.96. The van der Waals surface area contributed by atoms with E-state index in [0.717, 1.165) is 37.9 Å². The Morgan fingerprint density at radius 1 is 1.32 bits per heavy atom. The highest BCUT2D eigenvalue weighted by molar-refractivity contribution is 5.66. The normalized spacial score (nSPS) is 49.7. The van der Waals surface area contributed by atoms with Crippen molar-refractivity contribution in [2.45, 2.75) is 78.2 Å². The monoisotopic (exact) mass is 304 g/mol. The average molecular weight is 304 g/mol. The lowest BCUT2D eigenvalue weighted by Gasteiger charge is -2.58. The Balaban J connectivity index is 1.99. The Hall–Kier alpha value is -0.630. The van der Waals surface area contributed by atoms with E-state index in [4.69, 9.17) is 0 Å². The fourth-order valence-corrected chi connectivity index (χ4v) is 6.69. The van der Waals surface area contributed by atoms with Crippen LogP contribution >= 0.6 is 0 Å². The molecule has 0 spiro atoms. The molecule has 1 N–H and O–H groups in total. The van der Waals surface area contributed by atoms with Gasteiger partial charge in [-0.3, -0.25) is 4.79 Å². The number of rotatable bonds is 3.